The number of esters is 1. The molecule has 0 bridgehead atoms. The summed E-state index contributed by atoms with van der Waals surface area (Å²) in [6.45, 7) is 6.55. The number of carbonyl (C=O) groups excluding carboxylic acids is 1. The molecule has 2 atom stereocenters. The monoisotopic (exact) mass is 261 g/mol. The summed E-state index contributed by atoms with van der Waals surface area (Å²) in [7, 11) is 0. The highest BCUT2D eigenvalue weighted by molar-refractivity contribution is 5.76. The van der Waals surface area contributed by atoms with E-state index in [4.69, 9.17) is 4.74 Å². The molecule has 0 aromatic heterocycles. The molecule has 104 valence electrons. The summed E-state index contributed by atoms with van der Waals surface area (Å²) in [5, 5.41) is 3.32. The first-order valence-corrected chi connectivity index (χ1v) is 6.97. The highest BCUT2D eigenvalue weighted by atomic mass is 16.6. The van der Waals surface area contributed by atoms with Gasteiger partial charge in [0.05, 0.1) is 0 Å². The summed E-state index contributed by atoms with van der Waals surface area (Å²) in [4.78, 5) is 12.0. The number of nitrogens with one attached hydrogen (secondary N) is 1. The first-order valence-electron chi connectivity index (χ1n) is 6.97. The zero-order valence-electron chi connectivity index (χ0n) is 12.0. The Kier molecular flexibility index (Phi) is 4.25. The fourth-order valence-electron chi connectivity index (χ4n) is 2.44. The molecule has 0 aliphatic carbocycles. The summed E-state index contributed by atoms with van der Waals surface area (Å²) in [6, 6.07) is 10.3. The van der Waals surface area contributed by atoms with Gasteiger partial charge in [-0.3, -0.25) is 4.79 Å². The Labute approximate surface area is 115 Å². The molecule has 1 heterocycles. The molecule has 0 amide bonds. The maximum Gasteiger partial charge on any atom is 0.323 e. The molecule has 1 aromatic carbocycles. The third kappa shape index (κ3) is 4.06. The van der Waals surface area contributed by atoms with Crippen molar-refractivity contribution in [2.24, 2.45) is 0 Å². The van der Waals surface area contributed by atoms with Gasteiger partial charge in [0.2, 0.25) is 0 Å². The lowest BCUT2D eigenvalue weighted by molar-refractivity contribution is -0.158. The van der Waals surface area contributed by atoms with Crippen LogP contribution in [0.5, 0.6) is 0 Å². The van der Waals surface area contributed by atoms with Crippen molar-refractivity contribution >= 4 is 5.97 Å². The van der Waals surface area contributed by atoms with Gasteiger partial charge < -0.3 is 10.1 Å². The average molecular weight is 261 g/mol. The van der Waals surface area contributed by atoms with Gasteiger partial charge in [0.15, 0.2) is 0 Å². The molecule has 2 rings (SSSR count). The van der Waals surface area contributed by atoms with Crippen molar-refractivity contribution in [2.75, 3.05) is 6.54 Å². The molecule has 3 nitrogen and oxygen atoms in total. The van der Waals surface area contributed by atoms with Gasteiger partial charge in [-0.25, -0.2) is 0 Å². The summed E-state index contributed by atoms with van der Waals surface area (Å²) in [6.07, 6.45) is 1.87. The summed E-state index contributed by atoms with van der Waals surface area (Å²) < 4.78 is 5.42. The summed E-state index contributed by atoms with van der Waals surface area (Å²) >= 11 is 0. The number of carbonyl (C=O) groups is 1. The Bertz CT molecular complexity index is 414. The van der Waals surface area contributed by atoms with Crippen LogP contribution >= 0.6 is 0 Å². The average Bonchev–Trinajstić information content (AvgIpc) is 2.38. The molecule has 1 N–H and O–H groups in total. The number of ether oxygens (including phenoxy) is 1. The lowest BCUT2D eigenvalue weighted by Gasteiger charge is -2.31. The van der Waals surface area contributed by atoms with E-state index >= 15 is 0 Å². The van der Waals surface area contributed by atoms with E-state index in [1.54, 1.807) is 0 Å². The van der Waals surface area contributed by atoms with E-state index in [-0.39, 0.29) is 12.0 Å². The van der Waals surface area contributed by atoms with Crippen LogP contribution in [0, 0.1) is 0 Å². The van der Waals surface area contributed by atoms with Crippen LogP contribution in [0.4, 0.5) is 0 Å². The Morgan fingerprint density at radius 1 is 1.21 bits per heavy atom. The molecule has 1 saturated heterocycles. The number of hydrogen-bond acceptors (Lipinski definition) is 3. The molecule has 0 spiro atoms. The van der Waals surface area contributed by atoms with E-state index in [2.05, 4.69) is 29.6 Å². The van der Waals surface area contributed by atoms with E-state index in [1.807, 2.05) is 26.8 Å². The second kappa shape index (κ2) is 5.74. The van der Waals surface area contributed by atoms with Gasteiger partial charge in [0, 0.05) is 6.54 Å². The maximum absolute atomic E-state index is 12.0. The van der Waals surface area contributed by atoms with Gasteiger partial charge in [-0.15, -0.1) is 0 Å². The van der Waals surface area contributed by atoms with Crippen molar-refractivity contribution < 1.29 is 9.53 Å². The minimum absolute atomic E-state index is 0.126. The lowest BCUT2D eigenvalue weighted by Crippen LogP contribution is -2.46. The van der Waals surface area contributed by atoms with Crippen LogP contribution < -0.4 is 5.32 Å². The molecule has 3 heteroatoms. The second-order valence-electron chi connectivity index (χ2n) is 6.18. The quantitative estimate of drug-likeness (QED) is 0.832. The third-order valence-electron chi connectivity index (χ3n) is 3.38. The first-order chi connectivity index (χ1) is 8.96. The van der Waals surface area contributed by atoms with Crippen LogP contribution in [0.2, 0.25) is 0 Å². The van der Waals surface area contributed by atoms with Crippen LogP contribution in [0.1, 0.15) is 45.1 Å². The van der Waals surface area contributed by atoms with Crippen molar-refractivity contribution in [3.05, 3.63) is 35.9 Å². The van der Waals surface area contributed by atoms with E-state index in [1.165, 1.54) is 5.56 Å². The van der Waals surface area contributed by atoms with E-state index < -0.39 is 5.60 Å². The van der Waals surface area contributed by atoms with Gasteiger partial charge in [0.25, 0.3) is 0 Å². The third-order valence-corrected chi connectivity index (χ3v) is 3.38. The topological polar surface area (TPSA) is 38.3 Å². The number of piperidine rings is 1. The minimum atomic E-state index is -0.408. The van der Waals surface area contributed by atoms with Crippen LogP contribution in [0.3, 0.4) is 0 Å². The Hall–Kier alpha value is -1.35. The predicted molar refractivity (Wildman–Crippen MR) is 76.1 cm³/mol. The zero-order chi connectivity index (χ0) is 13.9. The molecule has 1 aromatic rings. The standard InChI is InChI=1S/C16H23NO2/c1-16(2,3)19-15(18)14-10-9-13(11-17-14)12-7-5-4-6-8-12/h4-8,13-14,17H,9-11H2,1-3H3/t13-,14+/m0/s1. The Morgan fingerprint density at radius 2 is 1.89 bits per heavy atom. The molecular formula is C16H23NO2. The SMILES string of the molecule is CC(C)(C)OC(=O)[C@H]1CC[C@H](c2ccccc2)CN1. The maximum atomic E-state index is 12.0. The second-order valence-corrected chi connectivity index (χ2v) is 6.18. The summed E-state index contributed by atoms with van der Waals surface area (Å²) in [5.74, 6) is 0.374. The largest absolute Gasteiger partial charge is 0.459 e. The van der Waals surface area contributed by atoms with Gasteiger partial charge in [-0.2, -0.15) is 0 Å². The van der Waals surface area contributed by atoms with E-state index in [0.29, 0.717) is 5.92 Å². The smallest absolute Gasteiger partial charge is 0.323 e. The number of benzene rings is 1. The molecule has 19 heavy (non-hydrogen) atoms. The van der Waals surface area contributed by atoms with Crippen molar-refractivity contribution in [3.63, 3.8) is 0 Å². The van der Waals surface area contributed by atoms with Crippen molar-refractivity contribution in [1.82, 2.24) is 5.32 Å². The van der Waals surface area contributed by atoms with E-state index in [0.717, 1.165) is 19.4 Å². The minimum Gasteiger partial charge on any atom is -0.459 e. The van der Waals surface area contributed by atoms with Crippen molar-refractivity contribution in [1.29, 1.82) is 0 Å². The number of rotatable bonds is 2. The Morgan fingerprint density at radius 3 is 2.42 bits per heavy atom. The van der Waals surface area contributed by atoms with Crippen LogP contribution in [0.15, 0.2) is 30.3 Å². The Balaban J connectivity index is 1.88. The molecule has 1 fully saturated rings. The van der Waals surface area contributed by atoms with Gasteiger partial charge in [0.1, 0.15) is 11.6 Å². The molecule has 0 radical (unpaired) electrons. The van der Waals surface area contributed by atoms with Crippen molar-refractivity contribution in [2.45, 2.75) is 51.2 Å². The van der Waals surface area contributed by atoms with Crippen LogP contribution in [-0.2, 0) is 9.53 Å². The van der Waals surface area contributed by atoms with E-state index in [9.17, 15) is 4.79 Å². The highest BCUT2D eigenvalue weighted by Crippen LogP contribution is 2.25. The number of hydrogen-bond donors (Lipinski definition) is 1. The summed E-state index contributed by atoms with van der Waals surface area (Å²) in [5.41, 5.74) is 0.937. The normalized spacial score (nSPS) is 23.9. The molecule has 0 saturated carbocycles. The van der Waals surface area contributed by atoms with Gasteiger partial charge >= 0.3 is 5.97 Å². The fraction of sp³-hybridized carbons (Fsp3) is 0.562. The zero-order valence-corrected chi connectivity index (χ0v) is 12.0. The van der Waals surface area contributed by atoms with Gasteiger partial charge in [-0.1, -0.05) is 30.3 Å². The molecular weight excluding hydrogens is 238 g/mol. The molecule has 1 aliphatic heterocycles. The lowest BCUT2D eigenvalue weighted by atomic mass is 9.89. The molecule has 0 unspecified atom stereocenters. The fourth-order valence-corrected chi connectivity index (χ4v) is 2.44. The van der Waals surface area contributed by atoms with Crippen molar-refractivity contribution in [3.8, 4) is 0 Å². The predicted octanol–water partition coefficient (Wildman–Crippen LogP) is 2.86. The van der Waals surface area contributed by atoms with Crippen LogP contribution in [-0.4, -0.2) is 24.2 Å². The first kappa shape index (κ1) is 14.1. The van der Waals surface area contributed by atoms with Crippen LogP contribution in [0.25, 0.3) is 0 Å². The molecule has 1 aliphatic rings. The van der Waals surface area contributed by atoms with Gasteiger partial charge in [-0.05, 0) is 45.1 Å². The highest BCUT2D eigenvalue weighted by Gasteiger charge is 2.29.